The summed E-state index contributed by atoms with van der Waals surface area (Å²) in [5.74, 6) is 0.601. The van der Waals surface area contributed by atoms with Gasteiger partial charge in [-0.05, 0) is 66.1 Å². The van der Waals surface area contributed by atoms with Crippen LogP contribution in [0.25, 0.3) is 5.65 Å². The maximum atomic E-state index is 4.84. The molecule has 1 aliphatic rings. The molecule has 0 aliphatic heterocycles. The van der Waals surface area contributed by atoms with Crippen molar-refractivity contribution in [2.45, 2.75) is 39.0 Å². The summed E-state index contributed by atoms with van der Waals surface area (Å²) in [5.41, 5.74) is 7.83. The van der Waals surface area contributed by atoms with Crippen molar-refractivity contribution in [1.29, 1.82) is 0 Å². The fourth-order valence-corrected chi connectivity index (χ4v) is 4.27. The van der Waals surface area contributed by atoms with Gasteiger partial charge in [0.1, 0.15) is 5.65 Å². The Morgan fingerprint density at radius 1 is 1.14 bits per heavy atom. The topological polar surface area (TPSA) is 17.3 Å². The smallest absolute Gasteiger partial charge is 0.140 e. The van der Waals surface area contributed by atoms with E-state index in [-0.39, 0.29) is 0 Å². The third-order valence-electron chi connectivity index (χ3n) is 5.02. The molecule has 1 atom stereocenters. The lowest BCUT2D eigenvalue weighted by atomic mass is 9.80. The Kier molecular flexibility index (Phi) is 3.33. The molecule has 112 valence electrons. The molecule has 3 heteroatoms. The molecule has 1 aromatic carbocycles. The summed E-state index contributed by atoms with van der Waals surface area (Å²) >= 11 is 3.77. The fraction of sp³-hybridized carbons (Fsp3) is 0.316. The SMILES string of the molecule is Cc1nc2c3c(c(Br)cn2c1C)CCC(c1ccccc1)C3. The van der Waals surface area contributed by atoms with E-state index < -0.39 is 0 Å². The third kappa shape index (κ3) is 2.11. The zero-order valence-electron chi connectivity index (χ0n) is 12.9. The Morgan fingerprint density at radius 2 is 1.91 bits per heavy atom. The summed E-state index contributed by atoms with van der Waals surface area (Å²) in [5, 5.41) is 0. The maximum absolute atomic E-state index is 4.84. The molecule has 3 aromatic rings. The number of rotatable bonds is 1. The quantitative estimate of drug-likeness (QED) is 0.601. The van der Waals surface area contributed by atoms with Crippen LogP contribution in [0.2, 0.25) is 0 Å². The number of aromatic nitrogens is 2. The first-order chi connectivity index (χ1) is 10.6. The van der Waals surface area contributed by atoms with E-state index in [1.807, 2.05) is 0 Å². The van der Waals surface area contributed by atoms with Crippen LogP contribution in [0, 0.1) is 13.8 Å². The number of hydrogen-bond donors (Lipinski definition) is 0. The minimum atomic E-state index is 0.601. The van der Waals surface area contributed by atoms with E-state index in [2.05, 4.69) is 70.7 Å². The number of imidazole rings is 1. The Bertz CT molecular complexity index is 849. The summed E-state index contributed by atoms with van der Waals surface area (Å²) in [6, 6.07) is 10.9. The van der Waals surface area contributed by atoms with Crippen LogP contribution in [0.1, 0.15) is 40.4 Å². The molecular weight excluding hydrogens is 336 g/mol. The lowest BCUT2D eigenvalue weighted by molar-refractivity contribution is 0.583. The molecule has 2 nitrogen and oxygen atoms in total. The summed E-state index contributed by atoms with van der Waals surface area (Å²) in [7, 11) is 0. The molecule has 4 rings (SSSR count). The van der Waals surface area contributed by atoms with Gasteiger partial charge in [0, 0.05) is 21.9 Å². The van der Waals surface area contributed by atoms with Gasteiger partial charge < -0.3 is 4.40 Å². The van der Waals surface area contributed by atoms with Crippen molar-refractivity contribution < 1.29 is 0 Å². The standard InChI is InChI=1S/C19H19BrN2/c1-12-13(2)22-11-18(20)16-9-8-15(10-17(16)19(22)21-12)14-6-4-3-5-7-14/h3-7,11,15H,8-10H2,1-2H3. The first-order valence-corrected chi connectivity index (χ1v) is 8.65. The molecule has 0 fully saturated rings. The number of nitrogens with zero attached hydrogens (tertiary/aromatic N) is 2. The Morgan fingerprint density at radius 3 is 2.68 bits per heavy atom. The predicted molar refractivity (Wildman–Crippen MR) is 93.6 cm³/mol. The number of benzene rings is 1. The summed E-state index contributed by atoms with van der Waals surface area (Å²) in [6.07, 6.45) is 5.60. The normalized spacial score (nSPS) is 17.7. The molecule has 22 heavy (non-hydrogen) atoms. The van der Waals surface area contributed by atoms with E-state index in [0.29, 0.717) is 5.92 Å². The summed E-state index contributed by atoms with van der Waals surface area (Å²) in [6.45, 7) is 4.24. The molecule has 0 saturated carbocycles. The lowest BCUT2D eigenvalue weighted by Gasteiger charge is -2.26. The molecular formula is C19H19BrN2. The third-order valence-corrected chi connectivity index (χ3v) is 5.70. The van der Waals surface area contributed by atoms with Crippen LogP contribution in [0.5, 0.6) is 0 Å². The number of pyridine rings is 1. The number of halogens is 1. The molecule has 1 aliphatic carbocycles. The van der Waals surface area contributed by atoms with E-state index in [1.54, 1.807) is 0 Å². The van der Waals surface area contributed by atoms with Gasteiger partial charge in [-0.15, -0.1) is 0 Å². The van der Waals surface area contributed by atoms with Gasteiger partial charge in [0.05, 0.1) is 5.69 Å². The number of hydrogen-bond acceptors (Lipinski definition) is 1. The van der Waals surface area contributed by atoms with E-state index in [1.165, 1.54) is 33.3 Å². The van der Waals surface area contributed by atoms with Crippen LogP contribution in [0.3, 0.4) is 0 Å². The average molecular weight is 355 g/mol. The van der Waals surface area contributed by atoms with E-state index in [9.17, 15) is 0 Å². The molecule has 0 bridgehead atoms. The van der Waals surface area contributed by atoms with Crippen molar-refractivity contribution in [3.05, 3.63) is 69.1 Å². The van der Waals surface area contributed by atoms with Crippen molar-refractivity contribution in [3.63, 3.8) is 0 Å². The molecule has 0 spiro atoms. The van der Waals surface area contributed by atoms with Gasteiger partial charge in [-0.25, -0.2) is 4.98 Å². The van der Waals surface area contributed by atoms with Crippen LogP contribution in [-0.4, -0.2) is 9.38 Å². The highest BCUT2D eigenvalue weighted by Crippen LogP contribution is 2.38. The minimum absolute atomic E-state index is 0.601. The molecule has 0 N–H and O–H groups in total. The Labute approximate surface area is 139 Å². The highest BCUT2D eigenvalue weighted by atomic mass is 79.9. The van der Waals surface area contributed by atoms with E-state index in [4.69, 9.17) is 4.98 Å². The van der Waals surface area contributed by atoms with Crippen molar-refractivity contribution in [3.8, 4) is 0 Å². The zero-order valence-corrected chi connectivity index (χ0v) is 14.5. The highest BCUT2D eigenvalue weighted by molar-refractivity contribution is 9.10. The zero-order chi connectivity index (χ0) is 15.3. The van der Waals surface area contributed by atoms with Crippen molar-refractivity contribution in [2.24, 2.45) is 0 Å². The van der Waals surface area contributed by atoms with Crippen LogP contribution in [0.15, 0.2) is 41.0 Å². The Balaban J connectivity index is 1.86. The van der Waals surface area contributed by atoms with E-state index >= 15 is 0 Å². The molecule has 2 heterocycles. The van der Waals surface area contributed by atoms with E-state index in [0.717, 1.165) is 24.2 Å². The predicted octanol–water partition coefficient (Wildman–Crippen LogP) is 4.99. The van der Waals surface area contributed by atoms with Gasteiger partial charge in [-0.1, -0.05) is 30.3 Å². The molecule has 0 saturated heterocycles. The van der Waals surface area contributed by atoms with Gasteiger partial charge in [0.15, 0.2) is 0 Å². The van der Waals surface area contributed by atoms with Gasteiger partial charge in [0.25, 0.3) is 0 Å². The number of fused-ring (bicyclic) bond motifs is 3. The monoisotopic (exact) mass is 354 g/mol. The van der Waals surface area contributed by atoms with Crippen LogP contribution in [0.4, 0.5) is 0 Å². The fourth-order valence-electron chi connectivity index (χ4n) is 3.63. The van der Waals surface area contributed by atoms with Crippen molar-refractivity contribution >= 4 is 21.6 Å². The highest BCUT2D eigenvalue weighted by Gasteiger charge is 2.25. The average Bonchev–Trinajstić information content (AvgIpc) is 2.84. The van der Waals surface area contributed by atoms with Crippen molar-refractivity contribution in [1.82, 2.24) is 9.38 Å². The first-order valence-electron chi connectivity index (χ1n) is 7.85. The number of aryl methyl sites for hydroxylation is 2. The molecule has 0 amide bonds. The molecule has 1 unspecified atom stereocenters. The molecule has 2 aromatic heterocycles. The lowest BCUT2D eigenvalue weighted by Crippen LogP contribution is -2.15. The second-order valence-corrected chi connectivity index (χ2v) is 7.12. The van der Waals surface area contributed by atoms with Gasteiger partial charge in [-0.2, -0.15) is 0 Å². The van der Waals surface area contributed by atoms with Crippen LogP contribution in [-0.2, 0) is 12.8 Å². The summed E-state index contributed by atoms with van der Waals surface area (Å²) in [4.78, 5) is 4.84. The second kappa shape index (κ2) is 5.24. The summed E-state index contributed by atoms with van der Waals surface area (Å²) < 4.78 is 3.47. The second-order valence-electron chi connectivity index (χ2n) is 6.26. The molecule has 0 radical (unpaired) electrons. The van der Waals surface area contributed by atoms with Gasteiger partial charge in [-0.3, -0.25) is 0 Å². The van der Waals surface area contributed by atoms with Crippen LogP contribution < -0.4 is 0 Å². The Hall–Kier alpha value is -1.61. The van der Waals surface area contributed by atoms with Gasteiger partial charge in [0.2, 0.25) is 0 Å². The van der Waals surface area contributed by atoms with Crippen LogP contribution >= 0.6 is 15.9 Å². The largest absolute Gasteiger partial charge is 0.303 e. The minimum Gasteiger partial charge on any atom is -0.303 e. The van der Waals surface area contributed by atoms with Gasteiger partial charge >= 0.3 is 0 Å². The van der Waals surface area contributed by atoms with Crippen molar-refractivity contribution in [2.75, 3.05) is 0 Å². The maximum Gasteiger partial charge on any atom is 0.140 e. The first kappa shape index (κ1) is 14.0.